The predicted molar refractivity (Wildman–Crippen MR) is 60.1 cm³/mol. The monoisotopic (exact) mass is 217 g/mol. The van der Waals surface area contributed by atoms with Gasteiger partial charge in [0.1, 0.15) is 0 Å². The molecule has 2 rings (SSSR count). The van der Waals surface area contributed by atoms with Gasteiger partial charge in [-0.2, -0.15) is 0 Å². The van der Waals surface area contributed by atoms with Gasteiger partial charge in [-0.15, -0.1) is 0 Å². The highest BCUT2D eigenvalue weighted by molar-refractivity contribution is 5.99. The topological polar surface area (TPSA) is 66.4 Å². The molecule has 1 aromatic rings. The van der Waals surface area contributed by atoms with Crippen LogP contribution in [0.3, 0.4) is 0 Å². The Kier molecular flexibility index (Phi) is 2.48. The molecule has 0 atom stereocenters. The number of fused-ring (bicyclic) bond motifs is 1. The fourth-order valence-electron chi connectivity index (χ4n) is 1.65. The van der Waals surface area contributed by atoms with Crippen LogP contribution in [0.15, 0.2) is 23.8 Å². The number of carboxylic acid groups (broad SMARTS) is 1. The molecule has 82 valence electrons. The number of carbonyl (C=O) groups is 2. The molecule has 0 radical (unpaired) electrons. The molecule has 4 heteroatoms. The molecule has 0 saturated carbocycles. The van der Waals surface area contributed by atoms with Gasteiger partial charge >= 0.3 is 5.97 Å². The molecule has 1 aliphatic rings. The summed E-state index contributed by atoms with van der Waals surface area (Å²) in [6.45, 7) is 1.54. The van der Waals surface area contributed by atoms with E-state index in [0.29, 0.717) is 6.42 Å². The Balaban J connectivity index is 2.33. The maximum absolute atomic E-state index is 11.1. The Labute approximate surface area is 92.6 Å². The standard InChI is InChI=1S/C12H11NO3/c1-7(12(15)16)4-8-2-3-10-9(5-8)6-11(14)13-10/h2-5H,6H2,1H3,(H,13,14)(H,15,16)/b7-4+. The first-order valence-corrected chi connectivity index (χ1v) is 4.90. The molecule has 16 heavy (non-hydrogen) atoms. The maximum atomic E-state index is 11.1. The van der Waals surface area contributed by atoms with Crippen molar-refractivity contribution in [3.8, 4) is 0 Å². The van der Waals surface area contributed by atoms with Crippen molar-refractivity contribution in [3.05, 3.63) is 34.9 Å². The second-order valence-electron chi connectivity index (χ2n) is 3.77. The molecular formula is C12H11NO3. The lowest BCUT2D eigenvalue weighted by molar-refractivity contribution is -0.132. The minimum atomic E-state index is -0.935. The summed E-state index contributed by atoms with van der Waals surface area (Å²) < 4.78 is 0. The third-order valence-corrected chi connectivity index (χ3v) is 2.47. The van der Waals surface area contributed by atoms with Gasteiger partial charge in [-0.05, 0) is 36.3 Å². The summed E-state index contributed by atoms with van der Waals surface area (Å²) in [4.78, 5) is 21.8. The largest absolute Gasteiger partial charge is 0.478 e. The van der Waals surface area contributed by atoms with Crippen molar-refractivity contribution in [3.63, 3.8) is 0 Å². The number of anilines is 1. The molecule has 2 N–H and O–H groups in total. The van der Waals surface area contributed by atoms with Gasteiger partial charge in [0, 0.05) is 11.3 Å². The second kappa shape index (κ2) is 3.81. The summed E-state index contributed by atoms with van der Waals surface area (Å²) in [5.41, 5.74) is 2.81. The van der Waals surface area contributed by atoms with Crippen LogP contribution in [0.5, 0.6) is 0 Å². The van der Waals surface area contributed by atoms with Gasteiger partial charge in [-0.25, -0.2) is 4.79 Å². The molecule has 1 heterocycles. The number of carbonyl (C=O) groups excluding carboxylic acids is 1. The van der Waals surface area contributed by atoms with Crippen molar-refractivity contribution in [2.24, 2.45) is 0 Å². The summed E-state index contributed by atoms with van der Waals surface area (Å²) >= 11 is 0. The zero-order valence-corrected chi connectivity index (χ0v) is 8.78. The number of hydrogen-bond acceptors (Lipinski definition) is 2. The average molecular weight is 217 g/mol. The molecule has 1 aliphatic heterocycles. The lowest BCUT2D eigenvalue weighted by Gasteiger charge is -2.00. The normalized spacial score (nSPS) is 14.6. The summed E-state index contributed by atoms with van der Waals surface area (Å²) in [5.74, 6) is -0.958. The van der Waals surface area contributed by atoms with E-state index in [1.165, 1.54) is 0 Å². The van der Waals surface area contributed by atoms with Gasteiger partial charge in [0.25, 0.3) is 0 Å². The first kappa shape index (κ1) is 10.4. The second-order valence-corrected chi connectivity index (χ2v) is 3.77. The van der Waals surface area contributed by atoms with E-state index in [1.807, 2.05) is 6.07 Å². The van der Waals surface area contributed by atoms with E-state index in [9.17, 15) is 9.59 Å². The van der Waals surface area contributed by atoms with Crippen molar-refractivity contribution in [2.45, 2.75) is 13.3 Å². The minimum Gasteiger partial charge on any atom is -0.478 e. The average Bonchev–Trinajstić information content (AvgIpc) is 2.57. The SMILES string of the molecule is C/C(=C\c1ccc2c(c1)CC(=O)N2)C(=O)O. The molecule has 0 spiro atoms. The van der Waals surface area contributed by atoms with Crippen LogP contribution >= 0.6 is 0 Å². The Morgan fingerprint density at radius 2 is 2.25 bits per heavy atom. The van der Waals surface area contributed by atoms with Crippen LogP contribution in [0.25, 0.3) is 6.08 Å². The van der Waals surface area contributed by atoms with Gasteiger partial charge in [0.2, 0.25) is 5.91 Å². The van der Waals surface area contributed by atoms with E-state index in [4.69, 9.17) is 5.11 Å². The van der Waals surface area contributed by atoms with Gasteiger partial charge in [0.05, 0.1) is 6.42 Å². The minimum absolute atomic E-state index is 0.0221. The molecule has 0 aliphatic carbocycles. The number of benzene rings is 1. The number of hydrogen-bond donors (Lipinski definition) is 2. The molecule has 0 aromatic heterocycles. The van der Waals surface area contributed by atoms with Crippen LogP contribution in [0.1, 0.15) is 18.1 Å². The van der Waals surface area contributed by atoms with Crippen LogP contribution in [-0.2, 0) is 16.0 Å². The third kappa shape index (κ3) is 1.95. The number of amides is 1. The lowest BCUT2D eigenvalue weighted by atomic mass is 10.1. The van der Waals surface area contributed by atoms with E-state index in [-0.39, 0.29) is 11.5 Å². The number of rotatable bonds is 2. The summed E-state index contributed by atoms with van der Waals surface area (Å²) in [6.07, 6.45) is 1.95. The zero-order valence-electron chi connectivity index (χ0n) is 8.78. The quantitative estimate of drug-likeness (QED) is 0.740. The van der Waals surface area contributed by atoms with E-state index in [2.05, 4.69) is 5.32 Å². The van der Waals surface area contributed by atoms with Crippen molar-refractivity contribution >= 4 is 23.6 Å². The summed E-state index contributed by atoms with van der Waals surface area (Å²) in [6, 6.07) is 5.41. The van der Waals surface area contributed by atoms with E-state index >= 15 is 0 Å². The Hall–Kier alpha value is -2.10. The highest BCUT2D eigenvalue weighted by atomic mass is 16.4. The van der Waals surface area contributed by atoms with Crippen LogP contribution in [0, 0.1) is 0 Å². The van der Waals surface area contributed by atoms with Gasteiger partial charge < -0.3 is 10.4 Å². The fourth-order valence-corrected chi connectivity index (χ4v) is 1.65. The van der Waals surface area contributed by atoms with Gasteiger partial charge in [0.15, 0.2) is 0 Å². The van der Waals surface area contributed by atoms with Gasteiger partial charge in [-0.1, -0.05) is 6.07 Å². The number of aliphatic carboxylic acids is 1. The first-order valence-electron chi connectivity index (χ1n) is 4.90. The van der Waals surface area contributed by atoms with Crippen LogP contribution in [0.4, 0.5) is 5.69 Å². The van der Waals surface area contributed by atoms with E-state index < -0.39 is 5.97 Å². The van der Waals surface area contributed by atoms with Crippen LogP contribution in [-0.4, -0.2) is 17.0 Å². The Morgan fingerprint density at radius 3 is 2.94 bits per heavy atom. The van der Waals surface area contributed by atoms with E-state index in [1.54, 1.807) is 25.1 Å². The Bertz CT molecular complexity index is 503. The highest BCUT2D eigenvalue weighted by Crippen LogP contribution is 2.24. The molecule has 1 aromatic carbocycles. The molecule has 4 nitrogen and oxygen atoms in total. The maximum Gasteiger partial charge on any atom is 0.331 e. The first-order chi connectivity index (χ1) is 7.56. The third-order valence-electron chi connectivity index (χ3n) is 2.47. The van der Waals surface area contributed by atoms with Crippen LogP contribution in [0.2, 0.25) is 0 Å². The molecule has 0 fully saturated rings. The smallest absolute Gasteiger partial charge is 0.331 e. The van der Waals surface area contributed by atoms with Crippen molar-refractivity contribution < 1.29 is 14.7 Å². The summed E-state index contributed by atoms with van der Waals surface area (Å²) in [5, 5.41) is 11.5. The number of carboxylic acids is 1. The van der Waals surface area contributed by atoms with E-state index in [0.717, 1.165) is 16.8 Å². The molecular weight excluding hydrogens is 206 g/mol. The zero-order chi connectivity index (χ0) is 11.7. The van der Waals surface area contributed by atoms with Crippen molar-refractivity contribution in [2.75, 3.05) is 5.32 Å². The number of nitrogens with one attached hydrogen (secondary N) is 1. The fraction of sp³-hybridized carbons (Fsp3) is 0.167. The molecule has 1 amide bonds. The molecule has 0 bridgehead atoms. The molecule has 0 saturated heterocycles. The highest BCUT2D eigenvalue weighted by Gasteiger charge is 2.17. The van der Waals surface area contributed by atoms with Crippen molar-refractivity contribution in [1.82, 2.24) is 0 Å². The Morgan fingerprint density at radius 1 is 1.50 bits per heavy atom. The molecule has 0 unspecified atom stereocenters. The van der Waals surface area contributed by atoms with Crippen molar-refractivity contribution in [1.29, 1.82) is 0 Å². The lowest BCUT2D eigenvalue weighted by Crippen LogP contribution is -2.03. The van der Waals surface area contributed by atoms with Gasteiger partial charge in [-0.3, -0.25) is 4.79 Å². The van der Waals surface area contributed by atoms with Crippen LogP contribution < -0.4 is 5.32 Å². The predicted octanol–water partition coefficient (Wildman–Crippen LogP) is 1.67. The summed E-state index contributed by atoms with van der Waals surface area (Å²) in [7, 11) is 0.